The number of methoxy groups -OCH3 is 1. The number of benzene rings is 1. The molecule has 1 amide bonds. The molecule has 6 heteroatoms. The molecule has 0 saturated carbocycles. The smallest absolute Gasteiger partial charge is 0.337 e. The van der Waals surface area contributed by atoms with Gasteiger partial charge in [0.05, 0.1) is 24.9 Å². The van der Waals surface area contributed by atoms with Gasteiger partial charge in [-0.1, -0.05) is 15.9 Å². The lowest BCUT2D eigenvalue weighted by atomic mass is 10.2. The number of aromatic nitrogens is 1. The summed E-state index contributed by atoms with van der Waals surface area (Å²) in [6.45, 7) is 0.236. The minimum absolute atomic E-state index is 0.201. The molecule has 0 atom stereocenters. The Bertz CT molecular complexity index is 656. The Hall–Kier alpha value is -2.21. The number of halogens is 1. The van der Waals surface area contributed by atoms with Crippen LogP contribution in [0.4, 0.5) is 0 Å². The summed E-state index contributed by atoms with van der Waals surface area (Å²) in [5.41, 5.74) is 1.55. The van der Waals surface area contributed by atoms with Crippen LogP contribution in [0, 0.1) is 0 Å². The van der Waals surface area contributed by atoms with E-state index < -0.39 is 5.97 Å². The van der Waals surface area contributed by atoms with E-state index in [9.17, 15) is 9.59 Å². The van der Waals surface area contributed by atoms with E-state index in [2.05, 4.69) is 31.0 Å². The molecule has 21 heavy (non-hydrogen) atoms. The van der Waals surface area contributed by atoms with Crippen molar-refractivity contribution in [3.05, 3.63) is 63.9 Å². The first kappa shape index (κ1) is 15.2. The van der Waals surface area contributed by atoms with E-state index in [-0.39, 0.29) is 12.5 Å². The predicted molar refractivity (Wildman–Crippen MR) is 80.9 cm³/mol. The Kier molecular flexibility index (Phi) is 5.05. The number of esters is 1. The number of hydrogen-bond donors (Lipinski definition) is 1. The van der Waals surface area contributed by atoms with Gasteiger partial charge in [-0.3, -0.25) is 9.78 Å². The van der Waals surface area contributed by atoms with E-state index in [1.807, 2.05) is 0 Å². The summed E-state index contributed by atoms with van der Waals surface area (Å²) >= 11 is 3.31. The average molecular weight is 349 g/mol. The summed E-state index contributed by atoms with van der Waals surface area (Å²) in [4.78, 5) is 27.5. The van der Waals surface area contributed by atoms with Crippen LogP contribution in [0.5, 0.6) is 0 Å². The maximum Gasteiger partial charge on any atom is 0.337 e. The number of carbonyl (C=O) groups is 2. The molecule has 0 aliphatic carbocycles. The van der Waals surface area contributed by atoms with Crippen LogP contribution in [-0.2, 0) is 11.3 Å². The normalized spacial score (nSPS) is 10.0. The Labute approximate surface area is 130 Å². The van der Waals surface area contributed by atoms with Crippen molar-refractivity contribution >= 4 is 27.8 Å². The number of ether oxygens (including phenoxy) is 1. The van der Waals surface area contributed by atoms with Crippen molar-refractivity contribution in [2.45, 2.75) is 6.54 Å². The van der Waals surface area contributed by atoms with Crippen molar-refractivity contribution in [2.75, 3.05) is 7.11 Å². The van der Waals surface area contributed by atoms with Gasteiger partial charge in [-0.2, -0.15) is 0 Å². The largest absolute Gasteiger partial charge is 0.465 e. The molecule has 0 saturated heterocycles. The molecule has 0 unspecified atom stereocenters. The van der Waals surface area contributed by atoms with Crippen LogP contribution >= 0.6 is 15.9 Å². The van der Waals surface area contributed by atoms with Crippen LogP contribution < -0.4 is 5.32 Å². The fourth-order valence-electron chi connectivity index (χ4n) is 1.69. The average Bonchev–Trinajstić information content (AvgIpc) is 2.52. The highest BCUT2D eigenvalue weighted by atomic mass is 79.9. The van der Waals surface area contributed by atoms with E-state index in [1.165, 1.54) is 13.3 Å². The van der Waals surface area contributed by atoms with Gasteiger partial charge in [0.1, 0.15) is 0 Å². The van der Waals surface area contributed by atoms with Crippen LogP contribution in [-0.4, -0.2) is 24.0 Å². The van der Waals surface area contributed by atoms with E-state index in [0.29, 0.717) is 16.8 Å². The SMILES string of the molecule is COC(=O)c1ccnc(CNC(=O)c2ccc(Br)cc2)c1. The first-order valence-corrected chi connectivity index (χ1v) is 6.96. The lowest BCUT2D eigenvalue weighted by molar-refractivity contribution is 0.0600. The minimum atomic E-state index is -0.433. The van der Waals surface area contributed by atoms with Gasteiger partial charge in [-0.05, 0) is 36.4 Å². The summed E-state index contributed by atoms with van der Waals surface area (Å²) in [5.74, 6) is -0.634. The fourth-order valence-corrected chi connectivity index (χ4v) is 1.96. The molecule has 2 rings (SSSR count). The van der Waals surface area contributed by atoms with Gasteiger partial charge in [-0.25, -0.2) is 4.79 Å². The highest BCUT2D eigenvalue weighted by molar-refractivity contribution is 9.10. The molecule has 1 aromatic heterocycles. The monoisotopic (exact) mass is 348 g/mol. The predicted octanol–water partition coefficient (Wildman–Crippen LogP) is 2.56. The van der Waals surface area contributed by atoms with Gasteiger partial charge in [0.15, 0.2) is 0 Å². The van der Waals surface area contributed by atoms with E-state index in [4.69, 9.17) is 0 Å². The molecule has 0 aliphatic rings. The lowest BCUT2D eigenvalue weighted by Crippen LogP contribution is -2.23. The Morgan fingerprint density at radius 2 is 1.90 bits per heavy atom. The maximum atomic E-state index is 12.0. The maximum absolute atomic E-state index is 12.0. The van der Waals surface area contributed by atoms with Crippen LogP contribution in [0.3, 0.4) is 0 Å². The zero-order valence-corrected chi connectivity index (χ0v) is 12.9. The summed E-state index contributed by atoms with van der Waals surface area (Å²) in [5, 5.41) is 2.75. The van der Waals surface area contributed by atoms with E-state index in [0.717, 1.165) is 4.47 Å². The molecule has 0 bridgehead atoms. The Balaban J connectivity index is 2.01. The van der Waals surface area contributed by atoms with Crippen molar-refractivity contribution < 1.29 is 14.3 Å². The van der Waals surface area contributed by atoms with Crippen molar-refractivity contribution in [1.82, 2.24) is 10.3 Å². The van der Waals surface area contributed by atoms with Crippen molar-refractivity contribution in [3.8, 4) is 0 Å². The number of nitrogens with one attached hydrogen (secondary N) is 1. The number of hydrogen-bond acceptors (Lipinski definition) is 4. The Morgan fingerprint density at radius 1 is 1.19 bits per heavy atom. The van der Waals surface area contributed by atoms with Crippen molar-refractivity contribution in [3.63, 3.8) is 0 Å². The molecular weight excluding hydrogens is 336 g/mol. The van der Waals surface area contributed by atoms with Crippen molar-refractivity contribution in [1.29, 1.82) is 0 Å². The van der Waals surface area contributed by atoms with Gasteiger partial charge in [0.2, 0.25) is 0 Å². The van der Waals surface area contributed by atoms with Crippen LogP contribution in [0.15, 0.2) is 47.1 Å². The zero-order chi connectivity index (χ0) is 15.2. The van der Waals surface area contributed by atoms with Gasteiger partial charge in [0, 0.05) is 16.2 Å². The quantitative estimate of drug-likeness (QED) is 0.862. The van der Waals surface area contributed by atoms with Crippen molar-refractivity contribution in [2.24, 2.45) is 0 Å². The number of carbonyl (C=O) groups excluding carboxylic acids is 2. The Morgan fingerprint density at radius 3 is 2.57 bits per heavy atom. The molecular formula is C15H13BrN2O3. The molecule has 1 aromatic carbocycles. The van der Waals surface area contributed by atoms with E-state index >= 15 is 0 Å². The minimum Gasteiger partial charge on any atom is -0.465 e. The third-order valence-electron chi connectivity index (χ3n) is 2.77. The number of pyridine rings is 1. The highest BCUT2D eigenvalue weighted by Gasteiger charge is 2.08. The standard InChI is InChI=1S/C15H13BrN2O3/c1-21-15(20)11-6-7-17-13(8-11)9-18-14(19)10-2-4-12(16)5-3-10/h2-8H,9H2,1H3,(H,18,19). The second-order valence-electron chi connectivity index (χ2n) is 4.22. The molecule has 2 aromatic rings. The lowest BCUT2D eigenvalue weighted by Gasteiger charge is -2.06. The molecule has 0 fully saturated rings. The van der Waals surface area contributed by atoms with Crippen LogP contribution in [0.25, 0.3) is 0 Å². The highest BCUT2D eigenvalue weighted by Crippen LogP contribution is 2.10. The molecule has 0 radical (unpaired) electrons. The van der Waals surface area contributed by atoms with Gasteiger partial charge in [0.25, 0.3) is 5.91 Å². The summed E-state index contributed by atoms with van der Waals surface area (Å²) in [6, 6.07) is 10.2. The van der Waals surface area contributed by atoms with E-state index in [1.54, 1.807) is 36.4 Å². The zero-order valence-electron chi connectivity index (χ0n) is 11.3. The summed E-state index contributed by atoms with van der Waals surface area (Å²) in [6.07, 6.45) is 1.51. The second kappa shape index (κ2) is 6.99. The first-order valence-electron chi connectivity index (χ1n) is 6.17. The topological polar surface area (TPSA) is 68.3 Å². The molecule has 1 N–H and O–H groups in total. The second-order valence-corrected chi connectivity index (χ2v) is 5.13. The molecule has 1 heterocycles. The number of nitrogens with zero attached hydrogens (tertiary/aromatic N) is 1. The summed E-state index contributed by atoms with van der Waals surface area (Å²) < 4.78 is 5.55. The number of rotatable bonds is 4. The first-order chi connectivity index (χ1) is 10.1. The fraction of sp³-hybridized carbons (Fsp3) is 0.133. The number of amides is 1. The van der Waals surface area contributed by atoms with Crippen LogP contribution in [0.1, 0.15) is 26.4 Å². The molecule has 108 valence electrons. The third kappa shape index (κ3) is 4.13. The molecule has 5 nitrogen and oxygen atoms in total. The summed E-state index contributed by atoms with van der Waals surface area (Å²) in [7, 11) is 1.32. The van der Waals surface area contributed by atoms with Crippen LogP contribution in [0.2, 0.25) is 0 Å². The third-order valence-corrected chi connectivity index (χ3v) is 3.30. The van der Waals surface area contributed by atoms with Gasteiger partial charge < -0.3 is 10.1 Å². The van der Waals surface area contributed by atoms with Gasteiger partial charge >= 0.3 is 5.97 Å². The molecule has 0 aliphatic heterocycles. The van der Waals surface area contributed by atoms with Gasteiger partial charge in [-0.15, -0.1) is 0 Å². The molecule has 0 spiro atoms.